The Balaban J connectivity index is 2.86. The van der Waals surface area contributed by atoms with E-state index in [-0.39, 0.29) is 12.6 Å². The lowest BCUT2D eigenvalue weighted by Crippen LogP contribution is -2.14. The van der Waals surface area contributed by atoms with E-state index in [1.165, 1.54) is 0 Å². The molecule has 0 aliphatic heterocycles. The first-order valence-electron chi connectivity index (χ1n) is 3.57. The smallest absolute Gasteiger partial charge is 0.112 e. The van der Waals surface area contributed by atoms with Gasteiger partial charge in [-0.1, -0.05) is 12.0 Å². The summed E-state index contributed by atoms with van der Waals surface area (Å²) in [5.41, 5.74) is 6.91. The zero-order valence-electron chi connectivity index (χ0n) is 6.57. The molecule has 12 heavy (non-hydrogen) atoms. The molecule has 0 aromatic carbocycles. The third kappa shape index (κ3) is 1.82. The third-order valence-electron chi connectivity index (χ3n) is 1.56. The molecule has 0 amide bonds. The average Bonchev–Trinajstić information content (AvgIpc) is 2.17. The highest BCUT2D eigenvalue weighted by atomic mass is 16.3. The second kappa shape index (κ2) is 3.86. The van der Waals surface area contributed by atoms with Crippen LogP contribution in [0.25, 0.3) is 0 Å². The van der Waals surface area contributed by atoms with E-state index in [1.54, 1.807) is 18.3 Å². The molecule has 0 radical (unpaired) electrons. The van der Waals surface area contributed by atoms with Crippen LogP contribution in [0, 0.1) is 12.3 Å². The highest BCUT2D eigenvalue weighted by Crippen LogP contribution is 2.07. The zero-order valence-corrected chi connectivity index (χ0v) is 6.57. The Morgan fingerprint density at radius 1 is 1.67 bits per heavy atom. The molecule has 3 N–H and O–H groups in total. The van der Waals surface area contributed by atoms with Crippen molar-refractivity contribution in [3.63, 3.8) is 0 Å². The van der Waals surface area contributed by atoms with Crippen molar-refractivity contribution in [2.24, 2.45) is 5.73 Å². The molecular weight excluding hydrogens is 152 g/mol. The van der Waals surface area contributed by atoms with Crippen molar-refractivity contribution >= 4 is 0 Å². The monoisotopic (exact) mass is 162 g/mol. The van der Waals surface area contributed by atoms with Crippen LogP contribution in [0.5, 0.6) is 0 Å². The Morgan fingerprint density at radius 2 is 2.42 bits per heavy atom. The Hall–Kier alpha value is -1.37. The number of hydrogen-bond acceptors (Lipinski definition) is 3. The van der Waals surface area contributed by atoms with Gasteiger partial charge in [0.25, 0.3) is 0 Å². The normalized spacial score (nSPS) is 12.1. The van der Waals surface area contributed by atoms with Crippen LogP contribution >= 0.6 is 0 Å². The van der Waals surface area contributed by atoms with Gasteiger partial charge in [0.15, 0.2) is 0 Å². The molecule has 1 atom stereocenters. The van der Waals surface area contributed by atoms with Gasteiger partial charge in [-0.05, 0) is 11.6 Å². The van der Waals surface area contributed by atoms with Crippen molar-refractivity contribution in [3.8, 4) is 12.3 Å². The van der Waals surface area contributed by atoms with E-state index in [2.05, 4.69) is 10.9 Å². The molecule has 1 heterocycles. The molecule has 1 rings (SSSR count). The van der Waals surface area contributed by atoms with E-state index in [9.17, 15) is 0 Å². The number of terminal acetylenes is 1. The number of nitrogens with zero attached hydrogens (tertiary/aromatic N) is 1. The van der Waals surface area contributed by atoms with Gasteiger partial charge in [0, 0.05) is 6.20 Å². The van der Waals surface area contributed by atoms with Crippen molar-refractivity contribution < 1.29 is 5.11 Å². The van der Waals surface area contributed by atoms with Crippen molar-refractivity contribution in [2.75, 3.05) is 6.61 Å². The summed E-state index contributed by atoms with van der Waals surface area (Å²) < 4.78 is 0. The van der Waals surface area contributed by atoms with Gasteiger partial charge >= 0.3 is 0 Å². The molecule has 0 aliphatic rings. The summed E-state index contributed by atoms with van der Waals surface area (Å²) in [6, 6.07) is 3.10. The lowest BCUT2D eigenvalue weighted by molar-refractivity contribution is 0.268. The molecular formula is C9H10N2O. The molecule has 1 aromatic heterocycles. The van der Waals surface area contributed by atoms with Gasteiger partial charge in [-0.15, -0.1) is 6.42 Å². The first-order valence-corrected chi connectivity index (χ1v) is 3.57. The standard InChI is InChI=1S/C9H10N2O/c1-2-8-4-3-7(5-11-8)9(10)6-12/h1,3-5,9,12H,6,10H2/t9-/m0/s1. The Morgan fingerprint density at radius 3 is 2.83 bits per heavy atom. The molecule has 0 aliphatic carbocycles. The highest BCUT2D eigenvalue weighted by Gasteiger charge is 2.03. The molecule has 0 saturated carbocycles. The molecule has 62 valence electrons. The Bertz CT molecular complexity index is 286. The van der Waals surface area contributed by atoms with Crippen molar-refractivity contribution in [1.29, 1.82) is 0 Å². The zero-order chi connectivity index (χ0) is 8.97. The lowest BCUT2D eigenvalue weighted by atomic mass is 10.1. The predicted molar refractivity (Wildman–Crippen MR) is 46.2 cm³/mol. The van der Waals surface area contributed by atoms with Crippen molar-refractivity contribution in [3.05, 3.63) is 29.6 Å². The van der Waals surface area contributed by atoms with E-state index in [0.717, 1.165) is 5.56 Å². The number of rotatable bonds is 2. The van der Waals surface area contributed by atoms with Gasteiger partial charge in [0.05, 0.1) is 12.6 Å². The summed E-state index contributed by atoms with van der Waals surface area (Å²) >= 11 is 0. The summed E-state index contributed by atoms with van der Waals surface area (Å²) in [5, 5.41) is 8.72. The fraction of sp³-hybridized carbons (Fsp3) is 0.222. The summed E-state index contributed by atoms with van der Waals surface area (Å²) in [6.07, 6.45) is 6.69. The molecule has 3 nitrogen and oxygen atoms in total. The number of hydrogen-bond donors (Lipinski definition) is 2. The molecule has 0 spiro atoms. The fourth-order valence-corrected chi connectivity index (χ4v) is 0.815. The lowest BCUT2D eigenvalue weighted by Gasteiger charge is -2.06. The van der Waals surface area contributed by atoms with Gasteiger partial charge in [-0.3, -0.25) is 0 Å². The molecule has 0 fully saturated rings. The molecule has 0 saturated heterocycles. The SMILES string of the molecule is C#Cc1ccc([C@@H](N)CO)cn1. The van der Waals surface area contributed by atoms with Gasteiger partial charge in [-0.25, -0.2) is 4.98 Å². The molecule has 1 aromatic rings. The van der Waals surface area contributed by atoms with Crippen LogP contribution in [-0.4, -0.2) is 16.7 Å². The van der Waals surface area contributed by atoms with Crippen molar-refractivity contribution in [2.45, 2.75) is 6.04 Å². The Labute approximate surface area is 71.2 Å². The average molecular weight is 162 g/mol. The minimum absolute atomic E-state index is 0.0862. The number of nitrogens with two attached hydrogens (primary N) is 1. The quantitative estimate of drug-likeness (QED) is 0.604. The topological polar surface area (TPSA) is 59.1 Å². The summed E-state index contributed by atoms with van der Waals surface area (Å²) in [5.74, 6) is 2.40. The van der Waals surface area contributed by atoms with E-state index in [1.807, 2.05) is 0 Å². The molecule has 3 heteroatoms. The van der Waals surface area contributed by atoms with Crippen LogP contribution < -0.4 is 5.73 Å². The largest absolute Gasteiger partial charge is 0.394 e. The predicted octanol–water partition coefficient (Wildman–Crippen LogP) is 0.0550. The minimum Gasteiger partial charge on any atom is -0.394 e. The van der Waals surface area contributed by atoms with Crippen LogP contribution in [0.1, 0.15) is 17.3 Å². The minimum atomic E-state index is -0.371. The van der Waals surface area contributed by atoms with Crippen LogP contribution in [0.3, 0.4) is 0 Å². The van der Waals surface area contributed by atoms with Crippen LogP contribution in [0.4, 0.5) is 0 Å². The number of aliphatic hydroxyl groups is 1. The molecule has 0 unspecified atom stereocenters. The van der Waals surface area contributed by atoms with Crippen LogP contribution in [-0.2, 0) is 0 Å². The Kier molecular flexibility index (Phi) is 2.81. The van der Waals surface area contributed by atoms with E-state index >= 15 is 0 Å². The summed E-state index contributed by atoms with van der Waals surface area (Å²) in [4.78, 5) is 3.94. The maximum atomic E-state index is 8.72. The molecule has 0 bridgehead atoms. The van der Waals surface area contributed by atoms with Gasteiger partial charge in [0.1, 0.15) is 5.69 Å². The van der Waals surface area contributed by atoms with E-state index < -0.39 is 0 Å². The van der Waals surface area contributed by atoms with Crippen LogP contribution in [0.2, 0.25) is 0 Å². The summed E-state index contributed by atoms with van der Waals surface area (Å²) in [6.45, 7) is -0.0862. The second-order valence-electron chi connectivity index (χ2n) is 2.41. The maximum Gasteiger partial charge on any atom is 0.112 e. The number of aliphatic hydroxyl groups excluding tert-OH is 1. The second-order valence-corrected chi connectivity index (χ2v) is 2.41. The van der Waals surface area contributed by atoms with Gasteiger partial charge in [-0.2, -0.15) is 0 Å². The fourth-order valence-electron chi connectivity index (χ4n) is 0.815. The van der Waals surface area contributed by atoms with Crippen molar-refractivity contribution in [1.82, 2.24) is 4.98 Å². The number of aromatic nitrogens is 1. The summed E-state index contributed by atoms with van der Waals surface area (Å²) in [7, 11) is 0. The third-order valence-corrected chi connectivity index (χ3v) is 1.56. The first kappa shape index (κ1) is 8.72. The maximum absolute atomic E-state index is 8.72. The van der Waals surface area contributed by atoms with Gasteiger partial charge in [0.2, 0.25) is 0 Å². The van der Waals surface area contributed by atoms with E-state index in [0.29, 0.717) is 5.69 Å². The van der Waals surface area contributed by atoms with E-state index in [4.69, 9.17) is 17.3 Å². The number of pyridine rings is 1. The highest BCUT2D eigenvalue weighted by molar-refractivity contribution is 5.27. The van der Waals surface area contributed by atoms with Crippen LogP contribution in [0.15, 0.2) is 18.3 Å². The van der Waals surface area contributed by atoms with Gasteiger partial charge < -0.3 is 10.8 Å². The first-order chi connectivity index (χ1) is 5.77.